The second-order valence-corrected chi connectivity index (χ2v) is 6.70. The number of nitrogens with one attached hydrogen (secondary N) is 1. The summed E-state index contributed by atoms with van der Waals surface area (Å²) in [5.41, 5.74) is 5.22. The van der Waals surface area contributed by atoms with Gasteiger partial charge in [-0.2, -0.15) is 0 Å². The van der Waals surface area contributed by atoms with E-state index in [0.29, 0.717) is 12.3 Å². The third kappa shape index (κ3) is 9.47. The third-order valence-electron chi connectivity index (χ3n) is 2.54. The lowest BCUT2D eigenvalue weighted by Crippen LogP contribution is -2.34. The monoisotopic (exact) mass is 318 g/mol. The van der Waals surface area contributed by atoms with Crippen molar-refractivity contribution in [1.82, 2.24) is 5.32 Å². The minimum absolute atomic E-state index is 0.0982. The molecule has 0 aliphatic carbocycles. The smallest absolute Gasteiger partial charge is 0.322 e. The van der Waals surface area contributed by atoms with Crippen LogP contribution < -0.4 is 11.1 Å². The summed E-state index contributed by atoms with van der Waals surface area (Å²) < 4.78 is 4.76. The van der Waals surface area contributed by atoms with Crippen molar-refractivity contribution in [2.24, 2.45) is 11.1 Å². The Morgan fingerprint density at radius 2 is 1.90 bits per heavy atom. The van der Waals surface area contributed by atoms with Crippen molar-refractivity contribution in [3.8, 4) is 0 Å². The fourth-order valence-electron chi connectivity index (χ4n) is 1.29. The Bertz CT molecular complexity index is 366. The zero-order valence-electron chi connectivity index (χ0n) is 13.2. The van der Waals surface area contributed by atoms with Crippen molar-refractivity contribution in [2.45, 2.75) is 46.6 Å². The summed E-state index contributed by atoms with van der Waals surface area (Å²) in [6.45, 7) is 7.97. The van der Waals surface area contributed by atoms with E-state index in [0.717, 1.165) is 0 Å². The molecule has 0 saturated heterocycles. The standard InChI is InChI=1S/C14H26N2O4S/c1-5-20-12(18)10(15)6-7-11(17)16-8-9-21-13(19)14(2,3)4/h10H,5-9,15H2,1-4H3,(H,16,17)/t10-/m0/s1. The Kier molecular flexibility index (Phi) is 9.28. The fraction of sp³-hybridized carbons (Fsp3) is 0.786. The molecule has 0 spiro atoms. The Morgan fingerprint density at radius 3 is 2.43 bits per heavy atom. The summed E-state index contributed by atoms with van der Waals surface area (Å²) >= 11 is 1.21. The number of hydrogen-bond donors (Lipinski definition) is 2. The van der Waals surface area contributed by atoms with Gasteiger partial charge in [0.25, 0.3) is 0 Å². The van der Waals surface area contributed by atoms with Crippen molar-refractivity contribution in [3.63, 3.8) is 0 Å². The van der Waals surface area contributed by atoms with Gasteiger partial charge in [-0.25, -0.2) is 0 Å². The van der Waals surface area contributed by atoms with Gasteiger partial charge in [-0.3, -0.25) is 14.4 Å². The predicted octanol–water partition coefficient (Wildman–Crippen LogP) is 1.08. The Balaban J connectivity index is 3.77. The topological polar surface area (TPSA) is 98.5 Å². The summed E-state index contributed by atoms with van der Waals surface area (Å²) in [5.74, 6) is -0.138. The molecule has 0 heterocycles. The van der Waals surface area contributed by atoms with Gasteiger partial charge in [-0.1, -0.05) is 32.5 Å². The summed E-state index contributed by atoms with van der Waals surface area (Å²) in [5, 5.41) is 2.79. The molecule has 7 heteroatoms. The van der Waals surface area contributed by atoms with E-state index in [1.54, 1.807) is 6.92 Å². The van der Waals surface area contributed by atoms with Gasteiger partial charge >= 0.3 is 5.97 Å². The van der Waals surface area contributed by atoms with Crippen LogP contribution in [0.3, 0.4) is 0 Å². The highest BCUT2D eigenvalue weighted by Crippen LogP contribution is 2.22. The Hall–Kier alpha value is -1.08. The SMILES string of the molecule is CCOC(=O)[C@@H](N)CCC(=O)NCCSC(=O)C(C)(C)C. The van der Waals surface area contributed by atoms with Crippen molar-refractivity contribution in [3.05, 3.63) is 0 Å². The molecule has 1 atom stereocenters. The summed E-state index contributed by atoms with van der Waals surface area (Å²) in [6, 6.07) is -0.771. The average molecular weight is 318 g/mol. The molecule has 21 heavy (non-hydrogen) atoms. The number of hydrogen-bond acceptors (Lipinski definition) is 6. The normalized spacial score (nSPS) is 12.6. The lowest BCUT2D eigenvalue weighted by Gasteiger charge is -2.15. The van der Waals surface area contributed by atoms with Gasteiger partial charge < -0.3 is 15.8 Å². The van der Waals surface area contributed by atoms with E-state index in [4.69, 9.17) is 10.5 Å². The van der Waals surface area contributed by atoms with E-state index in [9.17, 15) is 14.4 Å². The molecular weight excluding hydrogens is 292 g/mol. The highest BCUT2D eigenvalue weighted by Gasteiger charge is 2.21. The van der Waals surface area contributed by atoms with Crippen LogP contribution in [0.15, 0.2) is 0 Å². The molecule has 0 unspecified atom stereocenters. The molecule has 6 nitrogen and oxygen atoms in total. The zero-order chi connectivity index (χ0) is 16.5. The molecule has 0 aliphatic rings. The van der Waals surface area contributed by atoms with Gasteiger partial charge in [0.1, 0.15) is 6.04 Å². The van der Waals surface area contributed by atoms with E-state index in [-0.39, 0.29) is 35.9 Å². The molecule has 0 radical (unpaired) electrons. The number of amides is 1. The molecule has 0 aromatic carbocycles. The van der Waals surface area contributed by atoms with E-state index in [1.165, 1.54) is 11.8 Å². The molecule has 0 aromatic rings. The first kappa shape index (κ1) is 19.9. The number of carbonyl (C=O) groups excluding carboxylic acids is 3. The minimum atomic E-state index is -0.771. The van der Waals surface area contributed by atoms with Gasteiger partial charge in [0.2, 0.25) is 5.91 Å². The van der Waals surface area contributed by atoms with E-state index in [1.807, 2.05) is 20.8 Å². The van der Waals surface area contributed by atoms with E-state index in [2.05, 4.69) is 5.32 Å². The second kappa shape index (κ2) is 9.78. The lowest BCUT2D eigenvalue weighted by molar-refractivity contribution is -0.144. The molecule has 0 bridgehead atoms. The number of nitrogens with two attached hydrogens (primary N) is 1. The Morgan fingerprint density at radius 1 is 1.29 bits per heavy atom. The van der Waals surface area contributed by atoms with Crippen LogP contribution in [0.5, 0.6) is 0 Å². The third-order valence-corrected chi connectivity index (χ3v) is 3.82. The van der Waals surface area contributed by atoms with Crippen molar-refractivity contribution in [2.75, 3.05) is 18.9 Å². The molecule has 0 saturated carbocycles. The van der Waals surface area contributed by atoms with Crippen molar-refractivity contribution in [1.29, 1.82) is 0 Å². The van der Waals surface area contributed by atoms with Crippen LogP contribution in [0.25, 0.3) is 0 Å². The molecule has 0 fully saturated rings. The van der Waals surface area contributed by atoms with Gasteiger partial charge in [0.05, 0.1) is 6.61 Å². The first-order valence-corrected chi connectivity index (χ1v) is 8.03. The number of esters is 1. The van der Waals surface area contributed by atoms with Crippen molar-refractivity contribution < 1.29 is 19.1 Å². The molecule has 3 N–H and O–H groups in total. The van der Waals surface area contributed by atoms with E-state index < -0.39 is 12.0 Å². The maximum absolute atomic E-state index is 11.6. The summed E-state index contributed by atoms with van der Waals surface area (Å²) in [6.07, 6.45) is 0.413. The second-order valence-electron chi connectivity index (χ2n) is 5.63. The molecule has 0 rings (SSSR count). The summed E-state index contributed by atoms with van der Waals surface area (Å²) in [7, 11) is 0. The molecule has 122 valence electrons. The first-order chi connectivity index (χ1) is 9.68. The van der Waals surface area contributed by atoms with Gasteiger partial charge in [-0.15, -0.1) is 0 Å². The van der Waals surface area contributed by atoms with Crippen LogP contribution in [0.1, 0.15) is 40.5 Å². The van der Waals surface area contributed by atoms with Crippen LogP contribution in [0, 0.1) is 5.41 Å². The van der Waals surface area contributed by atoms with Gasteiger partial charge in [-0.05, 0) is 13.3 Å². The van der Waals surface area contributed by atoms with Crippen LogP contribution >= 0.6 is 11.8 Å². The molecule has 0 aliphatic heterocycles. The first-order valence-electron chi connectivity index (χ1n) is 7.04. The fourth-order valence-corrected chi connectivity index (χ4v) is 2.12. The molecule has 1 amide bonds. The zero-order valence-corrected chi connectivity index (χ0v) is 14.0. The van der Waals surface area contributed by atoms with Crippen molar-refractivity contribution >= 4 is 28.8 Å². The largest absolute Gasteiger partial charge is 0.465 e. The maximum Gasteiger partial charge on any atom is 0.322 e. The number of ether oxygens (including phenoxy) is 1. The highest BCUT2D eigenvalue weighted by atomic mass is 32.2. The highest BCUT2D eigenvalue weighted by molar-refractivity contribution is 8.13. The Labute approximate surface area is 130 Å². The number of carbonyl (C=O) groups is 3. The quantitative estimate of drug-likeness (QED) is 0.513. The van der Waals surface area contributed by atoms with Crippen LogP contribution in [0.4, 0.5) is 0 Å². The van der Waals surface area contributed by atoms with Crippen LogP contribution in [-0.4, -0.2) is 41.9 Å². The predicted molar refractivity (Wildman–Crippen MR) is 83.8 cm³/mol. The number of thioether (sulfide) groups is 1. The average Bonchev–Trinajstić information content (AvgIpc) is 2.39. The van der Waals surface area contributed by atoms with Crippen LogP contribution in [0.2, 0.25) is 0 Å². The molecule has 0 aromatic heterocycles. The van der Waals surface area contributed by atoms with Gasteiger partial charge in [0, 0.05) is 24.1 Å². The minimum Gasteiger partial charge on any atom is -0.465 e. The summed E-state index contributed by atoms with van der Waals surface area (Å²) in [4.78, 5) is 34.5. The maximum atomic E-state index is 11.6. The molecular formula is C14H26N2O4S. The van der Waals surface area contributed by atoms with Crippen LogP contribution in [-0.2, 0) is 19.1 Å². The lowest BCUT2D eigenvalue weighted by atomic mass is 10.00. The van der Waals surface area contributed by atoms with E-state index >= 15 is 0 Å². The number of rotatable bonds is 8. The van der Waals surface area contributed by atoms with Gasteiger partial charge in [0.15, 0.2) is 5.12 Å².